The SMILES string of the molecule is CCCCOc1ccc(OCCCCCCCCOc2cc3c(cc2OC(=O)c2ccc(CCCC)cc2)Oc2c(Cl)c4c(cc2=N3)Oc2cc(OC(=O)c3ccc(CCCC)cc3)c(OCCCCCCCCOc3ccc(OCCCC)cc3)cc2N=4)cc1. The summed E-state index contributed by atoms with van der Waals surface area (Å²) in [5.41, 5.74) is 4.00. The molecular weight excluding hydrogens is 1170 g/mol. The van der Waals surface area contributed by atoms with Gasteiger partial charge in [-0.3, -0.25) is 0 Å². The van der Waals surface area contributed by atoms with Gasteiger partial charge in [-0.1, -0.05) is 141 Å². The van der Waals surface area contributed by atoms with Crippen LogP contribution >= 0.6 is 11.6 Å². The number of fused-ring (bicyclic) bond motifs is 4. The number of halogens is 1. The number of ether oxygens (including phenoxy) is 10. The highest BCUT2D eigenvalue weighted by Gasteiger charge is 2.28. The zero-order valence-electron chi connectivity index (χ0n) is 53.6. The van der Waals surface area contributed by atoms with Gasteiger partial charge in [-0.2, -0.15) is 0 Å². The van der Waals surface area contributed by atoms with Crippen molar-refractivity contribution >= 4 is 34.9 Å². The standard InChI is InChI=1S/C76H89ClN2O12/c1-5-9-25-54-27-31-56(32-28-54)75(80)90-69-52-65-63(50-68(69)87-48-24-20-16-14-18-22-46-85-61-41-37-59(38-42-61)83-44-12-8-4)79-73-71(88-65)51-64-74(72(73)77)89-66-53-70(91-76(81)57-33-29-55(30-34-57)26-10-6-2)67(49-62(66)78-64)86-47-23-19-15-13-17-21-45-84-60-39-35-58(36-40-60)82-43-11-7-3/h27-42,49-53H,5-26,43-48H2,1-4H3. The molecule has 15 heteroatoms. The number of nitrogens with zero attached hydrogens (tertiary/aromatic N) is 2. The van der Waals surface area contributed by atoms with E-state index >= 15 is 0 Å². The summed E-state index contributed by atoms with van der Waals surface area (Å²) in [5.74, 6) is 4.66. The molecule has 0 radical (unpaired) electrons. The monoisotopic (exact) mass is 1260 g/mol. The van der Waals surface area contributed by atoms with Crippen molar-refractivity contribution in [2.75, 3.05) is 39.6 Å². The van der Waals surface area contributed by atoms with Crippen LogP contribution in [0.1, 0.15) is 188 Å². The maximum absolute atomic E-state index is 13.8. The van der Waals surface area contributed by atoms with Crippen molar-refractivity contribution in [2.24, 2.45) is 9.98 Å². The molecule has 0 amide bonds. The summed E-state index contributed by atoms with van der Waals surface area (Å²) in [5, 5.41) is 0.869. The molecule has 0 fully saturated rings. The van der Waals surface area contributed by atoms with Crippen LogP contribution in [0.2, 0.25) is 5.02 Å². The molecule has 0 atom stereocenters. The highest BCUT2D eigenvalue weighted by molar-refractivity contribution is 6.32. The van der Waals surface area contributed by atoms with Crippen molar-refractivity contribution in [3.63, 3.8) is 0 Å². The maximum Gasteiger partial charge on any atom is 0.343 e. The lowest BCUT2D eigenvalue weighted by Gasteiger charge is -2.22. The van der Waals surface area contributed by atoms with Crippen LogP contribution in [0.4, 0.5) is 11.4 Å². The number of rotatable bonds is 40. The average Bonchev–Trinajstić information content (AvgIpc) is 0.781. The van der Waals surface area contributed by atoms with Crippen LogP contribution in [0.15, 0.2) is 137 Å². The van der Waals surface area contributed by atoms with E-state index in [-0.39, 0.29) is 22.3 Å². The summed E-state index contributed by atoms with van der Waals surface area (Å²) in [6.07, 6.45) is 22.2. The quantitative estimate of drug-likeness (QED) is 0.0204. The summed E-state index contributed by atoms with van der Waals surface area (Å²) in [4.78, 5) is 37.6. The molecule has 482 valence electrons. The molecule has 0 aromatic heterocycles. The first-order chi connectivity index (χ1) is 44.7. The molecule has 0 saturated heterocycles. The van der Waals surface area contributed by atoms with E-state index in [0.29, 0.717) is 88.4 Å². The normalized spacial score (nSPS) is 11.7. The zero-order chi connectivity index (χ0) is 63.4. The lowest BCUT2D eigenvalue weighted by Crippen LogP contribution is -2.20. The highest BCUT2D eigenvalue weighted by atomic mass is 35.5. The van der Waals surface area contributed by atoms with Crippen LogP contribution < -0.4 is 58.1 Å². The van der Waals surface area contributed by atoms with E-state index in [9.17, 15) is 9.59 Å². The Morgan fingerprint density at radius 3 is 1.14 bits per heavy atom. The predicted molar refractivity (Wildman–Crippen MR) is 357 cm³/mol. The van der Waals surface area contributed by atoms with Gasteiger partial charge in [0.15, 0.2) is 46.0 Å². The van der Waals surface area contributed by atoms with Crippen molar-refractivity contribution in [1.82, 2.24) is 0 Å². The molecule has 0 saturated carbocycles. The largest absolute Gasteiger partial charge is 0.494 e. The molecule has 14 nitrogen and oxygen atoms in total. The van der Waals surface area contributed by atoms with Crippen molar-refractivity contribution in [3.05, 3.63) is 165 Å². The number of carbonyl (C=O) groups excluding carboxylic acids is 2. The van der Waals surface area contributed by atoms with Crippen LogP contribution in [0, 0.1) is 0 Å². The molecule has 2 aliphatic heterocycles. The first-order valence-electron chi connectivity index (χ1n) is 33.3. The molecule has 0 N–H and O–H groups in total. The minimum Gasteiger partial charge on any atom is -0.494 e. The highest BCUT2D eigenvalue weighted by Crippen LogP contribution is 2.47. The third-order valence-electron chi connectivity index (χ3n) is 15.8. The number of hydrogen-bond acceptors (Lipinski definition) is 14. The van der Waals surface area contributed by atoms with Crippen LogP contribution in [-0.4, -0.2) is 51.6 Å². The Balaban J connectivity index is 0.853. The fourth-order valence-corrected chi connectivity index (χ4v) is 10.7. The van der Waals surface area contributed by atoms with E-state index < -0.39 is 11.9 Å². The van der Waals surface area contributed by atoms with Gasteiger partial charge in [0, 0.05) is 30.3 Å². The number of hydrogen-bond donors (Lipinski definition) is 0. The lowest BCUT2D eigenvalue weighted by atomic mass is 10.1. The first kappa shape index (κ1) is 67.2. The van der Waals surface area contributed by atoms with Crippen molar-refractivity contribution in [2.45, 2.75) is 169 Å². The van der Waals surface area contributed by atoms with E-state index in [2.05, 4.69) is 27.7 Å². The summed E-state index contributed by atoms with van der Waals surface area (Å²) in [7, 11) is 0. The fraction of sp³-hybridized carbons (Fsp3) is 0.421. The Morgan fingerprint density at radius 2 is 0.736 bits per heavy atom. The topological polar surface area (TPSA) is 151 Å². The van der Waals surface area contributed by atoms with Crippen molar-refractivity contribution < 1.29 is 57.0 Å². The predicted octanol–water partition coefficient (Wildman–Crippen LogP) is 19.5. The van der Waals surface area contributed by atoms with Gasteiger partial charge in [0.05, 0.1) is 50.8 Å². The molecule has 0 bridgehead atoms. The number of unbranched alkanes of at least 4 members (excludes halogenated alkanes) is 14. The van der Waals surface area contributed by atoms with Crippen LogP contribution in [0.5, 0.6) is 69.0 Å². The van der Waals surface area contributed by atoms with E-state index in [1.807, 2.05) is 72.8 Å². The Labute approximate surface area is 542 Å². The molecule has 2 aliphatic rings. The smallest absolute Gasteiger partial charge is 0.343 e. The van der Waals surface area contributed by atoms with E-state index in [1.165, 1.54) is 0 Å². The average molecular weight is 1260 g/mol. The lowest BCUT2D eigenvalue weighted by molar-refractivity contribution is 0.0718. The Hall–Kier alpha value is -8.23. The van der Waals surface area contributed by atoms with Gasteiger partial charge in [-0.15, -0.1) is 0 Å². The third kappa shape index (κ3) is 20.4. The Kier molecular flexibility index (Phi) is 26.6. The van der Waals surface area contributed by atoms with Crippen LogP contribution in [0.25, 0.3) is 0 Å². The first-order valence-corrected chi connectivity index (χ1v) is 33.7. The molecule has 7 aromatic rings. The summed E-state index contributed by atoms with van der Waals surface area (Å²) in [6.45, 7) is 12.2. The number of benzene rings is 7. The van der Waals surface area contributed by atoms with E-state index in [1.54, 1.807) is 54.6 Å². The number of aryl methyl sites for hydroxylation is 2. The number of carbonyl (C=O) groups is 2. The summed E-state index contributed by atoms with van der Waals surface area (Å²) < 4.78 is 61.6. The Morgan fingerprint density at radius 1 is 0.374 bits per heavy atom. The van der Waals surface area contributed by atoms with Gasteiger partial charge in [0.1, 0.15) is 50.1 Å². The third-order valence-corrected chi connectivity index (χ3v) is 16.2. The second-order valence-electron chi connectivity index (χ2n) is 23.2. The Bertz CT molecular complexity index is 3560. The minimum atomic E-state index is -0.531. The molecular formula is C76H89ClN2O12. The molecule has 0 unspecified atom stereocenters. The molecule has 7 aromatic carbocycles. The van der Waals surface area contributed by atoms with Crippen molar-refractivity contribution in [1.29, 1.82) is 0 Å². The van der Waals surface area contributed by atoms with Crippen molar-refractivity contribution in [3.8, 4) is 69.0 Å². The molecule has 2 heterocycles. The molecule has 0 spiro atoms. The van der Waals surface area contributed by atoms with Gasteiger partial charge in [0.25, 0.3) is 0 Å². The van der Waals surface area contributed by atoms with Gasteiger partial charge in [-0.05, 0) is 148 Å². The van der Waals surface area contributed by atoms with Gasteiger partial charge < -0.3 is 47.4 Å². The second kappa shape index (κ2) is 36.0. The molecule has 91 heavy (non-hydrogen) atoms. The number of esters is 2. The second-order valence-corrected chi connectivity index (χ2v) is 23.6. The summed E-state index contributed by atoms with van der Waals surface area (Å²) >= 11 is 7.23. The maximum atomic E-state index is 13.8. The van der Waals surface area contributed by atoms with Gasteiger partial charge in [-0.25, -0.2) is 19.6 Å². The van der Waals surface area contributed by atoms with E-state index in [0.717, 1.165) is 189 Å². The minimum absolute atomic E-state index is 0.161. The van der Waals surface area contributed by atoms with Crippen LogP contribution in [0.3, 0.4) is 0 Å². The van der Waals surface area contributed by atoms with Crippen LogP contribution in [-0.2, 0) is 12.8 Å². The zero-order valence-corrected chi connectivity index (χ0v) is 54.4. The van der Waals surface area contributed by atoms with Gasteiger partial charge in [0.2, 0.25) is 0 Å². The van der Waals surface area contributed by atoms with Gasteiger partial charge >= 0.3 is 11.9 Å². The molecule has 9 rings (SSSR count). The fourth-order valence-electron chi connectivity index (χ4n) is 10.4. The van der Waals surface area contributed by atoms with E-state index in [4.69, 9.17) is 69.0 Å². The summed E-state index contributed by atoms with van der Waals surface area (Å²) in [6, 6.07) is 39.1. The molecule has 0 aliphatic carbocycles.